The molecular formula is C16H19N3O. The van der Waals surface area contributed by atoms with E-state index in [0.29, 0.717) is 12.1 Å². The molecule has 0 aliphatic rings. The quantitative estimate of drug-likeness (QED) is 0.847. The molecule has 0 saturated heterocycles. The second-order valence-electron chi connectivity index (χ2n) is 4.57. The van der Waals surface area contributed by atoms with Crippen LogP contribution in [0.2, 0.25) is 0 Å². The van der Waals surface area contributed by atoms with Crippen LogP contribution < -0.4 is 10.6 Å². The number of pyridine rings is 1. The molecule has 1 amide bonds. The monoisotopic (exact) mass is 269 g/mol. The minimum Gasteiger partial charge on any atom is -0.370 e. The molecule has 4 nitrogen and oxygen atoms in total. The van der Waals surface area contributed by atoms with Crippen molar-refractivity contribution in [3.05, 3.63) is 54.2 Å². The van der Waals surface area contributed by atoms with Gasteiger partial charge in [-0.05, 0) is 24.1 Å². The lowest BCUT2D eigenvalue weighted by Crippen LogP contribution is -2.14. The van der Waals surface area contributed by atoms with Crippen molar-refractivity contribution in [1.29, 1.82) is 0 Å². The smallest absolute Gasteiger partial charge is 0.228 e. The normalized spacial score (nSPS) is 10.1. The molecule has 1 aromatic heterocycles. The third-order valence-electron chi connectivity index (χ3n) is 2.81. The molecule has 0 atom stereocenters. The molecule has 2 rings (SSSR count). The van der Waals surface area contributed by atoms with Gasteiger partial charge in [0.15, 0.2) is 0 Å². The van der Waals surface area contributed by atoms with E-state index >= 15 is 0 Å². The lowest BCUT2D eigenvalue weighted by atomic mass is 10.1. The zero-order valence-electron chi connectivity index (χ0n) is 11.6. The molecule has 2 aromatic rings. The fraction of sp³-hybridized carbons (Fsp3) is 0.250. The minimum atomic E-state index is -0.0349. The van der Waals surface area contributed by atoms with Gasteiger partial charge in [-0.25, -0.2) is 4.98 Å². The van der Waals surface area contributed by atoms with Crippen LogP contribution in [0, 0.1) is 0 Å². The lowest BCUT2D eigenvalue weighted by molar-refractivity contribution is -0.115. The molecule has 0 saturated carbocycles. The van der Waals surface area contributed by atoms with Crippen molar-refractivity contribution in [1.82, 2.24) is 4.98 Å². The summed E-state index contributed by atoms with van der Waals surface area (Å²) in [5.74, 6) is 0.792. The molecule has 104 valence electrons. The summed E-state index contributed by atoms with van der Waals surface area (Å²) in [6.07, 6.45) is 3.09. The average Bonchev–Trinajstić information content (AvgIpc) is 2.47. The highest BCUT2D eigenvalue weighted by atomic mass is 16.1. The number of amides is 1. The molecule has 0 unspecified atom stereocenters. The van der Waals surface area contributed by atoms with Crippen LogP contribution in [0.1, 0.15) is 18.9 Å². The van der Waals surface area contributed by atoms with Crippen LogP contribution in [0.5, 0.6) is 0 Å². The van der Waals surface area contributed by atoms with Crippen molar-refractivity contribution >= 4 is 17.4 Å². The number of carbonyl (C=O) groups excluding carboxylic acids is 1. The van der Waals surface area contributed by atoms with Crippen LogP contribution in [0.15, 0.2) is 48.7 Å². The first-order valence-corrected chi connectivity index (χ1v) is 6.81. The first-order valence-electron chi connectivity index (χ1n) is 6.81. The summed E-state index contributed by atoms with van der Waals surface area (Å²) in [6, 6.07) is 13.4. The van der Waals surface area contributed by atoms with E-state index in [1.807, 2.05) is 42.5 Å². The lowest BCUT2D eigenvalue weighted by Gasteiger charge is -2.07. The van der Waals surface area contributed by atoms with Crippen molar-refractivity contribution in [3.8, 4) is 0 Å². The van der Waals surface area contributed by atoms with Gasteiger partial charge in [-0.1, -0.05) is 37.3 Å². The molecule has 0 fully saturated rings. The standard InChI is InChI=1S/C16H19N3O/c1-2-10-17-15-9-8-14(12-18-15)19-16(20)11-13-6-4-3-5-7-13/h3-9,12H,2,10-11H2,1H3,(H,17,18)(H,19,20). The van der Waals surface area contributed by atoms with Crippen LogP contribution in [-0.2, 0) is 11.2 Å². The number of nitrogens with one attached hydrogen (secondary N) is 2. The molecule has 1 heterocycles. The van der Waals surface area contributed by atoms with Crippen molar-refractivity contribution < 1.29 is 4.79 Å². The highest BCUT2D eigenvalue weighted by Crippen LogP contribution is 2.10. The van der Waals surface area contributed by atoms with Gasteiger partial charge >= 0.3 is 0 Å². The Bertz CT molecular complexity index is 537. The maximum Gasteiger partial charge on any atom is 0.228 e. The zero-order chi connectivity index (χ0) is 14.2. The SMILES string of the molecule is CCCNc1ccc(NC(=O)Cc2ccccc2)cn1. The van der Waals surface area contributed by atoms with E-state index in [1.165, 1.54) is 0 Å². The summed E-state index contributed by atoms with van der Waals surface area (Å²) in [6.45, 7) is 3.00. The highest BCUT2D eigenvalue weighted by Gasteiger charge is 2.04. The summed E-state index contributed by atoms with van der Waals surface area (Å²) >= 11 is 0. The molecule has 0 aliphatic heterocycles. The first kappa shape index (κ1) is 14.1. The number of rotatable bonds is 6. The summed E-state index contributed by atoms with van der Waals surface area (Å²) in [4.78, 5) is 16.1. The highest BCUT2D eigenvalue weighted by molar-refractivity contribution is 5.92. The van der Waals surface area contributed by atoms with Crippen LogP contribution in [0.4, 0.5) is 11.5 Å². The molecule has 0 radical (unpaired) electrons. The van der Waals surface area contributed by atoms with E-state index in [4.69, 9.17) is 0 Å². The van der Waals surface area contributed by atoms with Gasteiger partial charge in [0.25, 0.3) is 0 Å². The molecule has 0 aliphatic carbocycles. The fourth-order valence-corrected chi connectivity index (χ4v) is 1.81. The number of hydrogen-bond donors (Lipinski definition) is 2. The van der Waals surface area contributed by atoms with E-state index in [0.717, 1.165) is 24.3 Å². The zero-order valence-corrected chi connectivity index (χ0v) is 11.6. The number of carbonyl (C=O) groups is 1. The Morgan fingerprint density at radius 3 is 2.60 bits per heavy atom. The van der Waals surface area contributed by atoms with Gasteiger partial charge < -0.3 is 10.6 Å². The van der Waals surface area contributed by atoms with Crippen molar-refractivity contribution in [2.24, 2.45) is 0 Å². The topological polar surface area (TPSA) is 54.0 Å². The van der Waals surface area contributed by atoms with Crippen LogP contribution in [0.25, 0.3) is 0 Å². The van der Waals surface area contributed by atoms with Crippen LogP contribution >= 0.6 is 0 Å². The Hall–Kier alpha value is -2.36. The van der Waals surface area contributed by atoms with Gasteiger partial charge in [0.2, 0.25) is 5.91 Å². The maximum absolute atomic E-state index is 11.9. The number of anilines is 2. The summed E-state index contributed by atoms with van der Waals surface area (Å²) in [5.41, 5.74) is 1.71. The minimum absolute atomic E-state index is 0.0349. The summed E-state index contributed by atoms with van der Waals surface area (Å²) < 4.78 is 0. The van der Waals surface area contributed by atoms with Gasteiger partial charge in [-0.15, -0.1) is 0 Å². The van der Waals surface area contributed by atoms with E-state index in [1.54, 1.807) is 6.20 Å². The van der Waals surface area contributed by atoms with E-state index in [2.05, 4.69) is 22.5 Å². The van der Waals surface area contributed by atoms with Gasteiger partial charge in [0.05, 0.1) is 18.3 Å². The van der Waals surface area contributed by atoms with E-state index < -0.39 is 0 Å². The molecular weight excluding hydrogens is 250 g/mol. The fourth-order valence-electron chi connectivity index (χ4n) is 1.81. The predicted molar refractivity (Wildman–Crippen MR) is 81.8 cm³/mol. The Labute approximate surface area is 119 Å². The number of hydrogen-bond acceptors (Lipinski definition) is 3. The van der Waals surface area contributed by atoms with Crippen molar-refractivity contribution in [2.75, 3.05) is 17.2 Å². The molecule has 0 bridgehead atoms. The van der Waals surface area contributed by atoms with Crippen LogP contribution in [-0.4, -0.2) is 17.4 Å². The third kappa shape index (κ3) is 4.39. The average molecular weight is 269 g/mol. The predicted octanol–water partition coefficient (Wildman–Crippen LogP) is 3.08. The molecule has 20 heavy (non-hydrogen) atoms. The van der Waals surface area contributed by atoms with Crippen molar-refractivity contribution in [3.63, 3.8) is 0 Å². The van der Waals surface area contributed by atoms with Gasteiger partial charge in [0.1, 0.15) is 5.82 Å². The Morgan fingerprint density at radius 1 is 1.15 bits per heavy atom. The third-order valence-corrected chi connectivity index (χ3v) is 2.81. The van der Waals surface area contributed by atoms with E-state index in [-0.39, 0.29) is 5.91 Å². The molecule has 4 heteroatoms. The Kier molecular flexibility index (Phi) is 5.12. The van der Waals surface area contributed by atoms with Crippen LogP contribution in [0.3, 0.4) is 0 Å². The first-order chi connectivity index (χ1) is 9.78. The van der Waals surface area contributed by atoms with E-state index in [9.17, 15) is 4.79 Å². The number of aromatic nitrogens is 1. The van der Waals surface area contributed by atoms with Gasteiger partial charge in [0, 0.05) is 6.54 Å². The number of nitrogens with zero attached hydrogens (tertiary/aromatic N) is 1. The largest absolute Gasteiger partial charge is 0.370 e. The second-order valence-corrected chi connectivity index (χ2v) is 4.57. The second kappa shape index (κ2) is 7.28. The number of benzene rings is 1. The Morgan fingerprint density at radius 2 is 1.95 bits per heavy atom. The Balaban J connectivity index is 1.88. The molecule has 0 spiro atoms. The van der Waals surface area contributed by atoms with Gasteiger partial charge in [-0.2, -0.15) is 0 Å². The van der Waals surface area contributed by atoms with Gasteiger partial charge in [-0.3, -0.25) is 4.79 Å². The molecule has 1 aromatic carbocycles. The molecule has 2 N–H and O–H groups in total. The summed E-state index contributed by atoms with van der Waals surface area (Å²) in [7, 11) is 0. The van der Waals surface area contributed by atoms with Crippen molar-refractivity contribution in [2.45, 2.75) is 19.8 Å². The summed E-state index contributed by atoms with van der Waals surface area (Å²) in [5, 5.41) is 6.04. The maximum atomic E-state index is 11.9.